The summed E-state index contributed by atoms with van der Waals surface area (Å²) in [5, 5.41) is 8.31. The van der Waals surface area contributed by atoms with Crippen molar-refractivity contribution >= 4 is 11.8 Å². The quantitative estimate of drug-likeness (QED) is 0.569. The van der Waals surface area contributed by atoms with E-state index in [1.165, 1.54) is 0 Å². The number of amides is 2. The Balaban J connectivity index is 3.58. The highest BCUT2D eigenvalue weighted by Gasteiger charge is 2.09. The Labute approximate surface area is 97.4 Å². The highest BCUT2D eigenvalue weighted by atomic mass is 16.2. The van der Waals surface area contributed by atoms with Gasteiger partial charge in [0.05, 0.1) is 6.04 Å². The zero-order valence-corrected chi connectivity index (χ0v) is 10.6. The lowest BCUT2D eigenvalue weighted by Crippen LogP contribution is -2.41. The molecule has 1 unspecified atom stereocenters. The molecule has 0 bridgehead atoms. The van der Waals surface area contributed by atoms with Crippen molar-refractivity contribution in [3.63, 3.8) is 0 Å². The molecule has 0 spiro atoms. The summed E-state index contributed by atoms with van der Waals surface area (Å²) in [4.78, 5) is 22.6. The standard InChI is InChI=1S/C11H23N3O2/c1-8(2)7-14-10(15)5-6-13-11(16)9(3)12-4/h8-9,12H,5-7H2,1-4H3,(H,13,16)(H,14,15). The van der Waals surface area contributed by atoms with E-state index in [1.807, 2.05) is 13.8 Å². The first kappa shape index (κ1) is 14.9. The molecule has 0 aliphatic carbocycles. The predicted octanol–water partition coefficient (Wildman–Crippen LogP) is -0.127. The molecule has 16 heavy (non-hydrogen) atoms. The molecule has 0 aromatic heterocycles. The smallest absolute Gasteiger partial charge is 0.236 e. The Bertz CT molecular complexity index is 229. The van der Waals surface area contributed by atoms with Gasteiger partial charge in [-0.3, -0.25) is 9.59 Å². The van der Waals surface area contributed by atoms with Gasteiger partial charge in [-0.1, -0.05) is 13.8 Å². The van der Waals surface area contributed by atoms with Crippen molar-refractivity contribution in [1.82, 2.24) is 16.0 Å². The molecule has 0 fully saturated rings. The van der Waals surface area contributed by atoms with E-state index in [0.717, 1.165) is 0 Å². The van der Waals surface area contributed by atoms with E-state index in [0.29, 0.717) is 25.4 Å². The number of rotatable bonds is 7. The maximum Gasteiger partial charge on any atom is 0.236 e. The Hall–Kier alpha value is -1.10. The summed E-state index contributed by atoms with van der Waals surface area (Å²) in [6, 6.07) is -0.223. The number of hydrogen-bond acceptors (Lipinski definition) is 3. The SMILES string of the molecule is CNC(C)C(=O)NCCC(=O)NCC(C)C. The van der Waals surface area contributed by atoms with Crippen LogP contribution in [0.1, 0.15) is 27.2 Å². The van der Waals surface area contributed by atoms with Crippen LogP contribution in [0.4, 0.5) is 0 Å². The minimum atomic E-state index is -0.223. The number of hydrogen-bond donors (Lipinski definition) is 3. The Morgan fingerprint density at radius 3 is 2.25 bits per heavy atom. The second-order valence-electron chi connectivity index (χ2n) is 4.25. The first-order chi connectivity index (χ1) is 7.47. The van der Waals surface area contributed by atoms with E-state index in [2.05, 4.69) is 16.0 Å². The largest absolute Gasteiger partial charge is 0.356 e. The molecule has 0 heterocycles. The van der Waals surface area contributed by atoms with Crippen molar-refractivity contribution in [2.45, 2.75) is 33.2 Å². The van der Waals surface area contributed by atoms with Crippen LogP contribution >= 0.6 is 0 Å². The molecule has 0 aliphatic heterocycles. The monoisotopic (exact) mass is 229 g/mol. The van der Waals surface area contributed by atoms with Crippen LogP contribution in [0.3, 0.4) is 0 Å². The summed E-state index contributed by atoms with van der Waals surface area (Å²) < 4.78 is 0. The van der Waals surface area contributed by atoms with Crippen molar-refractivity contribution in [3.8, 4) is 0 Å². The van der Waals surface area contributed by atoms with Gasteiger partial charge in [0.25, 0.3) is 0 Å². The summed E-state index contributed by atoms with van der Waals surface area (Å²) >= 11 is 0. The molecule has 1 atom stereocenters. The van der Waals surface area contributed by atoms with Gasteiger partial charge in [0.2, 0.25) is 11.8 Å². The Kier molecular flexibility index (Phi) is 7.54. The fourth-order valence-electron chi connectivity index (χ4n) is 0.990. The van der Waals surface area contributed by atoms with Crippen LogP contribution in [0, 0.1) is 5.92 Å². The number of likely N-dealkylation sites (N-methyl/N-ethyl adjacent to an activating group) is 1. The third-order valence-electron chi connectivity index (χ3n) is 2.19. The molecule has 0 aromatic rings. The summed E-state index contributed by atoms with van der Waals surface area (Å²) in [6.45, 7) is 6.91. The van der Waals surface area contributed by atoms with Gasteiger partial charge < -0.3 is 16.0 Å². The van der Waals surface area contributed by atoms with Gasteiger partial charge in [-0.25, -0.2) is 0 Å². The summed E-state index contributed by atoms with van der Waals surface area (Å²) in [6.07, 6.45) is 0.328. The first-order valence-electron chi connectivity index (χ1n) is 5.69. The number of carbonyl (C=O) groups excluding carboxylic acids is 2. The third kappa shape index (κ3) is 7.23. The van der Waals surface area contributed by atoms with Crippen molar-refractivity contribution < 1.29 is 9.59 Å². The summed E-state index contributed by atoms with van der Waals surface area (Å²) in [5.74, 6) is 0.341. The molecular weight excluding hydrogens is 206 g/mol. The zero-order valence-electron chi connectivity index (χ0n) is 10.6. The zero-order chi connectivity index (χ0) is 12.6. The van der Waals surface area contributed by atoms with Crippen LogP contribution < -0.4 is 16.0 Å². The third-order valence-corrected chi connectivity index (χ3v) is 2.19. The highest BCUT2D eigenvalue weighted by molar-refractivity contribution is 5.82. The lowest BCUT2D eigenvalue weighted by molar-refractivity contribution is -0.123. The lowest BCUT2D eigenvalue weighted by Gasteiger charge is -2.11. The van der Waals surface area contributed by atoms with Gasteiger partial charge in [0.15, 0.2) is 0 Å². The molecule has 2 amide bonds. The van der Waals surface area contributed by atoms with Crippen LogP contribution in [0.5, 0.6) is 0 Å². The normalized spacial score (nSPS) is 12.3. The van der Waals surface area contributed by atoms with Crippen LogP contribution in [-0.4, -0.2) is 38.0 Å². The van der Waals surface area contributed by atoms with Crippen LogP contribution in [0.2, 0.25) is 0 Å². The van der Waals surface area contributed by atoms with Crippen LogP contribution in [0.15, 0.2) is 0 Å². The van der Waals surface area contributed by atoms with E-state index in [4.69, 9.17) is 0 Å². The fraction of sp³-hybridized carbons (Fsp3) is 0.818. The molecule has 3 N–H and O–H groups in total. The number of carbonyl (C=O) groups is 2. The molecule has 0 saturated heterocycles. The molecule has 0 saturated carbocycles. The van der Waals surface area contributed by atoms with Gasteiger partial charge in [-0.2, -0.15) is 0 Å². The molecule has 0 radical (unpaired) electrons. The fourth-order valence-corrected chi connectivity index (χ4v) is 0.990. The molecule has 0 aromatic carbocycles. The van der Waals surface area contributed by atoms with Gasteiger partial charge >= 0.3 is 0 Å². The second-order valence-corrected chi connectivity index (χ2v) is 4.25. The van der Waals surface area contributed by atoms with E-state index in [1.54, 1.807) is 14.0 Å². The molecule has 5 heteroatoms. The average molecular weight is 229 g/mol. The van der Waals surface area contributed by atoms with Gasteiger partial charge in [0.1, 0.15) is 0 Å². The second kappa shape index (κ2) is 8.10. The van der Waals surface area contributed by atoms with Gasteiger partial charge in [-0.05, 0) is 19.9 Å². The number of nitrogens with one attached hydrogen (secondary N) is 3. The summed E-state index contributed by atoms with van der Waals surface area (Å²) in [7, 11) is 1.72. The minimum Gasteiger partial charge on any atom is -0.356 e. The molecule has 5 nitrogen and oxygen atoms in total. The van der Waals surface area contributed by atoms with E-state index in [-0.39, 0.29) is 17.9 Å². The van der Waals surface area contributed by atoms with E-state index >= 15 is 0 Å². The van der Waals surface area contributed by atoms with Crippen molar-refractivity contribution in [3.05, 3.63) is 0 Å². The molecule has 94 valence electrons. The molecular formula is C11H23N3O2. The lowest BCUT2D eigenvalue weighted by atomic mass is 10.2. The average Bonchev–Trinajstić information content (AvgIpc) is 2.24. The van der Waals surface area contributed by atoms with E-state index in [9.17, 15) is 9.59 Å². The van der Waals surface area contributed by atoms with Gasteiger partial charge in [0, 0.05) is 19.5 Å². The minimum absolute atomic E-state index is 0.0221. The van der Waals surface area contributed by atoms with E-state index < -0.39 is 0 Å². The molecule has 0 rings (SSSR count). The van der Waals surface area contributed by atoms with Crippen molar-refractivity contribution in [1.29, 1.82) is 0 Å². The Morgan fingerprint density at radius 2 is 1.75 bits per heavy atom. The topological polar surface area (TPSA) is 70.2 Å². The molecule has 0 aliphatic rings. The maximum absolute atomic E-state index is 11.3. The Morgan fingerprint density at radius 1 is 1.12 bits per heavy atom. The highest BCUT2D eigenvalue weighted by Crippen LogP contribution is 1.88. The first-order valence-corrected chi connectivity index (χ1v) is 5.69. The maximum atomic E-state index is 11.3. The van der Waals surface area contributed by atoms with Crippen molar-refractivity contribution in [2.75, 3.05) is 20.1 Å². The predicted molar refractivity (Wildman–Crippen MR) is 64.0 cm³/mol. The van der Waals surface area contributed by atoms with Crippen LogP contribution in [-0.2, 0) is 9.59 Å². The van der Waals surface area contributed by atoms with Gasteiger partial charge in [-0.15, -0.1) is 0 Å². The van der Waals surface area contributed by atoms with Crippen LogP contribution in [0.25, 0.3) is 0 Å². The summed E-state index contributed by atoms with van der Waals surface area (Å²) in [5.41, 5.74) is 0. The van der Waals surface area contributed by atoms with Crippen molar-refractivity contribution in [2.24, 2.45) is 5.92 Å².